The molecule has 106 valence electrons. The summed E-state index contributed by atoms with van der Waals surface area (Å²) in [6.45, 7) is 1.29. The molecule has 0 radical (unpaired) electrons. The molecule has 1 spiro atoms. The van der Waals surface area contributed by atoms with Crippen LogP contribution in [0.25, 0.3) is 0 Å². The van der Waals surface area contributed by atoms with Crippen molar-refractivity contribution in [3.05, 3.63) is 35.4 Å². The van der Waals surface area contributed by atoms with Crippen molar-refractivity contribution in [1.82, 2.24) is 10.0 Å². The molecular formula is C14H16ClN3O2. The monoisotopic (exact) mass is 293 g/mol. The Kier molecular flexibility index (Phi) is 2.81. The van der Waals surface area contributed by atoms with Gasteiger partial charge in [-0.05, 0) is 24.5 Å². The van der Waals surface area contributed by atoms with Crippen LogP contribution in [0.4, 0.5) is 0 Å². The van der Waals surface area contributed by atoms with Crippen LogP contribution in [0.15, 0.2) is 24.3 Å². The minimum Gasteiger partial charge on any atom is -0.316 e. The van der Waals surface area contributed by atoms with Gasteiger partial charge in [0.05, 0.1) is 13.1 Å². The van der Waals surface area contributed by atoms with Crippen molar-refractivity contribution in [2.75, 3.05) is 13.1 Å². The lowest BCUT2D eigenvalue weighted by Gasteiger charge is -2.26. The van der Waals surface area contributed by atoms with Crippen LogP contribution in [0.2, 0.25) is 0 Å². The summed E-state index contributed by atoms with van der Waals surface area (Å²) in [7, 11) is 0. The summed E-state index contributed by atoms with van der Waals surface area (Å²) >= 11 is 0. The maximum atomic E-state index is 12.6. The third kappa shape index (κ3) is 1.66. The SMILES string of the molecule is Cl.NC1C(=O)N2CC3(CC3)CN2C(=O)c2ccccc21. The van der Waals surface area contributed by atoms with Crippen LogP contribution in [0, 0.1) is 5.41 Å². The number of halogens is 1. The number of benzene rings is 1. The second kappa shape index (κ2) is 4.20. The molecule has 2 fully saturated rings. The van der Waals surface area contributed by atoms with Gasteiger partial charge in [-0.2, -0.15) is 0 Å². The molecule has 1 aliphatic carbocycles. The van der Waals surface area contributed by atoms with Crippen LogP contribution in [-0.2, 0) is 4.79 Å². The van der Waals surface area contributed by atoms with Gasteiger partial charge >= 0.3 is 0 Å². The van der Waals surface area contributed by atoms with Gasteiger partial charge in [0, 0.05) is 11.0 Å². The number of carbonyl (C=O) groups is 2. The van der Waals surface area contributed by atoms with Gasteiger partial charge in [-0.15, -0.1) is 12.4 Å². The van der Waals surface area contributed by atoms with Gasteiger partial charge in [0.2, 0.25) is 0 Å². The molecule has 4 rings (SSSR count). The van der Waals surface area contributed by atoms with Gasteiger partial charge in [0.25, 0.3) is 11.8 Å². The van der Waals surface area contributed by atoms with Crippen molar-refractivity contribution in [2.45, 2.75) is 18.9 Å². The summed E-state index contributed by atoms with van der Waals surface area (Å²) in [5.74, 6) is -0.261. The zero-order chi connectivity index (χ0) is 13.2. The smallest absolute Gasteiger partial charge is 0.272 e. The second-order valence-electron chi connectivity index (χ2n) is 5.82. The van der Waals surface area contributed by atoms with Crippen molar-refractivity contribution in [1.29, 1.82) is 0 Å². The molecule has 20 heavy (non-hydrogen) atoms. The standard InChI is InChI=1S/C14H15N3O2.ClH/c15-11-9-3-1-2-4-10(9)12(18)16-7-14(5-6-14)8-17(16)13(11)19;/h1-4,11H,5-8,15H2;1H. The molecule has 2 aliphatic heterocycles. The molecule has 1 saturated carbocycles. The Balaban J connectivity index is 0.00000121. The molecule has 3 aliphatic rings. The molecule has 2 N–H and O–H groups in total. The fourth-order valence-electron chi connectivity index (χ4n) is 3.12. The van der Waals surface area contributed by atoms with Gasteiger partial charge in [-0.3, -0.25) is 9.59 Å². The predicted molar refractivity (Wildman–Crippen MR) is 75.0 cm³/mol. The fourth-order valence-corrected chi connectivity index (χ4v) is 3.12. The molecule has 1 unspecified atom stereocenters. The summed E-state index contributed by atoms with van der Waals surface area (Å²) in [6.07, 6.45) is 2.19. The highest BCUT2D eigenvalue weighted by Gasteiger charge is 2.56. The van der Waals surface area contributed by atoms with Gasteiger partial charge in [-0.25, -0.2) is 10.0 Å². The van der Waals surface area contributed by atoms with E-state index >= 15 is 0 Å². The van der Waals surface area contributed by atoms with E-state index in [1.54, 1.807) is 22.2 Å². The molecule has 0 aromatic heterocycles. The van der Waals surface area contributed by atoms with Crippen LogP contribution in [0.1, 0.15) is 34.8 Å². The van der Waals surface area contributed by atoms with Crippen LogP contribution in [-0.4, -0.2) is 34.9 Å². The number of hydrazine groups is 1. The molecule has 1 atom stereocenters. The number of hydrogen-bond acceptors (Lipinski definition) is 3. The highest BCUT2D eigenvalue weighted by molar-refractivity contribution is 6.01. The van der Waals surface area contributed by atoms with Crippen molar-refractivity contribution in [2.24, 2.45) is 11.1 Å². The Morgan fingerprint density at radius 1 is 1.10 bits per heavy atom. The molecule has 5 nitrogen and oxygen atoms in total. The maximum Gasteiger partial charge on any atom is 0.272 e. The molecular weight excluding hydrogens is 278 g/mol. The molecule has 6 heteroatoms. The van der Waals surface area contributed by atoms with E-state index in [1.807, 2.05) is 12.1 Å². The number of amides is 2. The van der Waals surface area contributed by atoms with Gasteiger partial charge in [0.15, 0.2) is 0 Å². The molecule has 2 amide bonds. The highest BCUT2D eigenvalue weighted by Crippen LogP contribution is 2.51. The summed E-state index contributed by atoms with van der Waals surface area (Å²) in [5.41, 5.74) is 7.39. The summed E-state index contributed by atoms with van der Waals surface area (Å²) in [5, 5.41) is 3.17. The fraction of sp³-hybridized carbons (Fsp3) is 0.429. The van der Waals surface area contributed by atoms with Crippen molar-refractivity contribution in [3.63, 3.8) is 0 Å². The van der Waals surface area contributed by atoms with Gasteiger partial charge in [-0.1, -0.05) is 18.2 Å². The average Bonchev–Trinajstić information content (AvgIpc) is 3.08. The lowest BCUT2D eigenvalue weighted by molar-refractivity contribution is -0.141. The number of rotatable bonds is 0. The first-order chi connectivity index (χ1) is 9.11. The third-order valence-corrected chi connectivity index (χ3v) is 4.50. The van der Waals surface area contributed by atoms with E-state index in [0.29, 0.717) is 24.2 Å². The van der Waals surface area contributed by atoms with E-state index in [0.717, 1.165) is 12.8 Å². The molecule has 1 aromatic rings. The van der Waals surface area contributed by atoms with Crippen molar-refractivity contribution in [3.8, 4) is 0 Å². The van der Waals surface area contributed by atoms with E-state index < -0.39 is 6.04 Å². The number of nitrogens with zero attached hydrogens (tertiary/aromatic N) is 2. The molecule has 1 aromatic carbocycles. The molecule has 2 heterocycles. The van der Waals surface area contributed by atoms with E-state index in [9.17, 15) is 9.59 Å². The minimum absolute atomic E-state index is 0. The number of fused-ring (bicyclic) bond motifs is 2. The first-order valence-electron chi connectivity index (χ1n) is 6.59. The Hall–Kier alpha value is -1.59. The second-order valence-corrected chi connectivity index (χ2v) is 5.82. The predicted octanol–water partition coefficient (Wildman–Crippen LogP) is 1.10. The first-order valence-corrected chi connectivity index (χ1v) is 6.59. The molecule has 1 saturated heterocycles. The van der Waals surface area contributed by atoms with E-state index in [-0.39, 0.29) is 29.6 Å². The van der Waals surface area contributed by atoms with Crippen LogP contribution < -0.4 is 5.73 Å². The first kappa shape index (κ1) is 13.4. The Morgan fingerprint density at radius 2 is 1.75 bits per heavy atom. The number of hydrogen-bond donors (Lipinski definition) is 1. The minimum atomic E-state index is -0.737. The van der Waals surface area contributed by atoms with Gasteiger partial charge < -0.3 is 5.73 Å². The molecule has 0 bridgehead atoms. The largest absolute Gasteiger partial charge is 0.316 e. The zero-order valence-electron chi connectivity index (χ0n) is 10.9. The van der Waals surface area contributed by atoms with Crippen molar-refractivity contribution < 1.29 is 9.59 Å². The van der Waals surface area contributed by atoms with Crippen LogP contribution >= 0.6 is 12.4 Å². The number of nitrogens with two attached hydrogens (primary N) is 1. The van der Waals surface area contributed by atoms with Crippen LogP contribution in [0.3, 0.4) is 0 Å². The lowest BCUT2D eigenvalue weighted by atomic mass is 9.99. The van der Waals surface area contributed by atoms with Crippen molar-refractivity contribution >= 4 is 24.2 Å². The van der Waals surface area contributed by atoms with Gasteiger partial charge in [0.1, 0.15) is 6.04 Å². The zero-order valence-corrected chi connectivity index (χ0v) is 11.7. The topological polar surface area (TPSA) is 66.6 Å². The number of carbonyl (C=O) groups excluding carboxylic acids is 2. The summed E-state index contributed by atoms with van der Waals surface area (Å²) in [6, 6.07) is 6.41. The lowest BCUT2D eigenvalue weighted by Crippen LogP contribution is -2.45. The van der Waals surface area contributed by atoms with E-state index in [2.05, 4.69) is 0 Å². The quantitative estimate of drug-likeness (QED) is 0.779. The highest BCUT2D eigenvalue weighted by atomic mass is 35.5. The summed E-state index contributed by atoms with van der Waals surface area (Å²) < 4.78 is 0. The maximum absolute atomic E-state index is 12.6. The summed E-state index contributed by atoms with van der Waals surface area (Å²) in [4.78, 5) is 25.1. The van der Waals surface area contributed by atoms with Crippen LogP contribution in [0.5, 0.6) is 0 Å². The Morgan fingerprint density at radius 3 is 2.45 bits per heavy atom. The average molecular weight is 294 g/mol. The normalized spacial score (nSPS) is 25.9. The van der Waals surface area contributed by atoms with E-state index in [4.69, 9.17) is 5.73 Å². The Labute approximate surface area is 123 Å². The van der Waals surface area contributed by atoms with E-state index in [1.165, 1.54) is 0 Å². The Bertz CT molecular complexity index is 600. The third-order valence-electron chi connectivity index (χ3n) is 4.50.